The second-order valence-corrected chi connectivity index (χ2v) is 3.78. The molecular formula is C9H17N3O2. The Hall–Kier alpha value is -1.22. The summed E-state index contributed by atoms with van der Waals surface area (Å²) in [7, 11) is 0. The lowest BCUT2D eigenvalue weighted by atomic mass is 10.0. The highest BCUT2D eigenvalue weighted by molar-refractivity contribution is 5.67. The third kappa shape index (κ3) is 7.43. The Bertz CT molecular complexity index is 222. The van der Waals surface area contributed by atoms with Gasteiger partial charge in [0.2, 0.25) is 0 Å². The van der Waals surface area contributed by atoms with Crippen molar-refractivity contribution in [2.75, 3.05) is 0 Å². The number of rotatable bonds is 7. The lowest BCUT2D eigenvalue weighted by molar-refractivity contribution is -0.137. The molecule has 0 aromatic heterocycles. The minimum Gasteiger partial charge on any atom is -0.481 e. The van der Waals surface area contributed by atoms with Gasteiger partial charge in [-0.2, -0.15) is 0 Å². The molecule has 0 saturated carbocycles. The molecule has 1 unspecified atom stereocenters. The fourth-order valence-electron chi connectivity index (χ4n) is 1.24. The molecule has 0 rings (SSSR count). The number of nitrogens with zero attached hydrogens (tertiary/aromatic N) is 3. The highest BCUT2D eigenvalue weighted by atomic mass is 16.4. The Kier molecular flexibility index (Phi) is 6.58. The van der Waals surface area contributed by atoms with Crippen molar-refractivity contribution in [3.8, 4) is 0 Å². The molecule has 5 heteroatoms. The van der Waals surface area contributed by atoms with Gasteiger partial charge >= 0.3 is 5.97 Å². The fraction of sp³-hybridized carbons (Fsp3) is 0.889. The van der Waals surface area contributed by atoms with E-state index in [0.717, 1.165) is 12.8 Å². The number of carboxylic acid groups (broad SMARTS) is 1. The normalized spacial score (nSPS) is 12.2. The standard InChI is InChI=1S/C9H17N3O2/c1-7(2)4-3-5-8(11-12-10)6-9(13)14/h7-8H,3-6H2,1-2H3,(H,13,14). The number of aliphatic carboxylic acids is 1. The van der Waals surface area contributed by atoms with E-state index in [0.29, 0.717) is 12.3 Å². The van der Waals surface area contributed by atoms with Crippen molar-refractivity contribution in [1.82, 2.24) is 0 Å². The van der Waals surface area contributed by atoms with Gasteiger partial charge in [-0.15, -0.1) is 0 Å². The SMILES string of the molecule is CC(C)CCCC(CC(=O)O)N=[N+]=[N-]. The molecule has 0 spiro atoms. The molecular weight excluding hydrogens is 182 g/mol. The van der Waals surface area contributed by atoms with Gasteiger partial charge in [-0.25, -0.2) is 0 Å². The summed E-state index contributed by atoms with van der Waals surface area (Å²) in [6, 6.07) is -0.392. The van der Waals surface area contributed by atoms with Crippen LogP contribution in [0.1, 0.15) is 39.5 Å². The Morgan fingerprint density at radius 1 is 1.50 bits per heavy atom. The molecule has 0 aromatic rings. The second-order valence-electron chi connectivity index (χ2n) is 3.78. The van der Waals surface area contributed by atoms with Crippen molar-refractivity contribution >= 4 is 5.97 Å². The summed E-state index contributed by atoms with van der Waals surface area (Å²) >= 11 is 0. The zero-order chi connectivity index (χ0) is 11.0. The average Bonchev–Trinajstić information content (AvgIpc) is 2.02. The summed E-state index contributed by atoms with van der Waals surface area (Å²) in [5.41, 5.74) is 8.22. The van der Waals surface area contributed by atoms with E-state index in [1.54, 1.807) is 0 Å². The third-order valence-electron chi connectivity index (χ3n) is 1.94. The summed E-state index contributed by atoms with van der Waals surface area (Å²) in [6.45, 7) is 4.22. The summed E-state index contributed by atoms with van der Waals surface area (Å²) in [6.07, 6.45) is 2.54. The van der Waals surface area contributed by atoms with Gasteiger partial charge in [0, 0.05) is 11.0 Å². The van der Waals surface area contributed by atoms with Crippen molar-refractivity contribution < 1.29 is 9.90 Å². The largest absolute Gasteiger partial charge is 0.481 e. The Balaban J connectivity index is 3.85. The molecule has 0 saturated heterocycles. The molecule has 5 nitrogen and oxygen atoms in total. The zero-order valence-electron chi connectivity index (χ0n) is 8.68. The second kappa shape index (κ2) is 7.21. The van der Waals surface area contributed by atoms with Crippen LogP contribution in [0.4, 0.5) is 0 Å². The van der Waals surface area contributed by atoms with E-state index in [4.69, 9.17) is 10.6 Å². The van der Waals surface area contributed by atoms with Gasteiger partial charge in [-0.3, -0.25) is 4.79 Å². The first-order valence-electron chi connectivity index (χ1n) is 4.82. The maximum absolute atomic E-state index is 10.4. The minimum absolute atomic E-state index is 0.0673. The molecule has 1 N–H and O–H groups in total. The highest BCUT2D eigenvalue weighted by Gasteiger charge is 2.10. The molecule has 0 radical (unpaired) electrons. The van der Waals surface area contributed by atoms with Gasteiger partial charge in [0.1, 0.15) is 0 Å². The van der Waals surface area contributed by atoms with Gasteiger partial charge in [-0.05, 0) is 17.9 Å². The smallest absolute Gasteiger partial charge is 0.303 e. The Morgan fingerprint density at radius 3 is 2.57 bits per heavy atom. The zero-order valence-corrected chi connectivity index (χ0v) is 8.68. The first kappa shape index (κ1) is 12.8. The van der Waals surface area contributed by atoms with Crippen LogP contribution in [0.15, 0.2) is 5.11 Å². The molecule has 0 heterocycles. The molecule has 0 fully saturated rings. The number of carbonyl (C=O) groups is 1. The monoisotopic (exact) mass is 199 g/mol. The van der Waals surface area contributed by atoms with Crippen LogP contribution < -0.4 is 0 Å². The van der Waals surface area contributed by atoms with Crippen molar-refractivity contribution in [2.45, 2.75) is 45.6 Å². The maximum Gasteiger partial charge on any atom is 0.303 e. The molecule has 1 atom stereocenters. The predicted octanol–water partition coefficient (Wildman–Crippen LogP) is 2.97. The average molecular weight is 199 g/mol. The third-order valence-corrected chi connectivity index (χ3v) is 1.94. The summed E-state index contributed by atoms with van der Waals surface area (Å²) in [4.78, 5) is 13.0. The summed E-state index contributed by atoms with van der Waals surface area (Å²) < 4.78 is 0. The van der Waals surface area contributed by atoms with Crippen molar-refractivity contribution in [1.29, 1.82) is 0 Å². The Morgan fingerprint density at radius 2 is 2.14 bits per heavy atom. The first-order valence-corrected chi connectivity index (χ1v) is 4.82. The van der Waals surface area contributed by atoms with Crippen LogP contribution in [0.3, 0.4) is 0 Å². The number of hydrogen-bond donors (Lipinski definition) is 1. The van der Waals surface area contributed by atoms with Crippen LogP contribution in [-0.2, 0) is 4.79 Å². The van der Waals surface area contributed by atoms with E-state index in [2.05, 4.69) is 23.9 Å². The molecule has 80 valence electrons. The first-order chi connectivity index (χ1) is 6.56. The molecule has 0 aliphatic rings. The molecule has 0 aliphatic heterocycles. The van der Waals surface area contributed by atoms with Gasteiger partial charge < -0.3 is 5.11 Å². The quantitative estimate of drug-likeness (QED) is 0.388. The lowest BCUT2D eigenvalue weighted by Gasteiger charge is -2.09. The van der Waals surface area contributed by atoms with E-state index in [1.807, 2.05) is 0 Å². The van der Waals surface area contributed by atoms with Gasteiger partial charge in [0.15, 0.2) is 0 Å². The van der Waals surface area contributed by atoms with E-state index in [9.17, 15) is 4.79 Å². The molecule has 0 aromatic carbocycles. The van der Waals surface area contributed by atoms with Crippen molar-refractivity contribution in [2.24, 2.45) is 11.0 Å². The predicted molar refractivity (Wildman–Crippen MR) is 53.9 cm³/mol. The lowest BCUT2D eigenvalue weighted by Crippen LogP contribution is -2.10. The van der Waals surface area contributed by atoms with Gasteiger partial charge in [0.05, 0.1) is 6.42 Å². The van der Waals surface area contributed by atoms with Crippen LogP contribution in [0.5, 0.6) is 0 Å². The summed E-state index contributed by atoms with van der Waals surface area (Å²) in [5.74, 6) is -0.307. The van der Waals surface area contributed by atoms with Crippen molar-refractivity contribution in [3.63, 3.8) is 0 Å². The fourth-order valence-corrected chi connectivity index (χ4v) is 1.24. The van der Waals surface area contributed by atoms with E-state index in [-0.39, 0.29) is 6.42 Å². The van der Waals surface area contributed by atoms with Gasteiger partial charge in [-0.1, -0.05) is 31.8 Å². The molecule has 0 bridgehead atoms. The van der Waals surface area contributed by atoms with Crippen LogP contribution in [0, 0.1) is 5.92 Å². The van der Waals surface area contributed by atoms with Crippen molar-refractivity contribution in [3.05, 3.63) is 10.4 Å². The maximum atomic E-state index is 10.4. The highest BCUT2D eigenvalue weighted by Crippen LogP contribution is 2.13. The van der Waals surface area contributed by atoms with Crippen LogP contribution in [0.2, 0.25) is 0 Å². The Labute approximate surface area is 83.7 Å². The van der Waals surface area contributed by atoms with Crippen LogP contribution in [0.25, 0.3) is 10.4 Å². The van der Waals surface area contributed by atoms with E-state index < -0.39 is 12.0 Å². The minimum atomic E-state index is -0.910. The van der Waals surface area contributed by atoms with Crippen LogP contribution in [-0.4, -0.2) is 17.1 Å². The van der Waals surface area contributed by atoms with Gasteiger partial charge in [0.25, 0.3) is 0 Å². The topological polar surface area (TPSA) is 86.1 Å². The number of hydrogen-bond acceptors (Lipinski definition) is 2. The molecule has 0 aliphatic carbocycles. The van der Waals surface area contributed by atoms with Crippen LogP contribution >= 0.6 is 0 Å². The molecule has 0 amide bonds. The molecule has 14 heavy (non-hydrogen) atoms. The summed E-state index contributed by atoms with van der Waals surface area (Å²) in [5, 5.41) is 12.0. The van der Waals surface area contributed by atoms with E-state index in [1.165, 1.54) is 0 Å². The number of carboxylic acids is 1. The van der Waals surface area contributed by atoms with E-state index >= 15 is 0 Å². The number of azide groups is 1.